The van der Waals surface area contributed by atoms with E-state index in [-0.39, 0.29) is 37.4 Å². The van der Waals surface area contributed by atoms with Gasteiger partial charge in [-0.05, 0) is 55.3 Å². The average molecular weight is 598 g/mol. The van der Waals surface area contributed by atoms with Crippen LogP contribution >= 0.6 is 0 Å². The van der Waals surface area contributed by atoms with Gasteiger partial charge >= 0.3 is 0 Å². The maximum absolute atomic E-state index is 14.0. The van der Waals surface area contributed by atoms with Crippen molar-refractivity contribution in [2.24, 2.45) is 0 Å². The molecule has 0 bridgehead atoms. The Morgan fingerprint density at radius 1 is 0.884 bits per heavy atom. The van der Waals surface area contributed by atoms with Crippen molar-refractivity contribution in [3.63, 3.8) is 0 Å². The molecule has 1 aliphatic heterocycles. The van der Waals surface area contributed by atoms with Gasteiger partial charge in [-0.25, -0.2) is 8.42 Å². The van der Waals surface area contributed by atoms with E-state index in [1.165, 1.54) is 4.31 Å². The van der Waals surface area contributed by atoms with Crippen LogP contribution in [0, 0.1) is 6.92 Å². The van der Waals surface area contributed by atoms with Gasteiger partial charge in [0, 0.05) is 37.4 Å². The number of nitrogens with zero attached hydrogens (tertiary/aromatic N) is 2. The molecule has 8 heteroatoms. The molecule has 0 spiro atoms. The first kappa shape index (κ1) is 30.3. The fourth-order valence-corrected chi connectivity index (χ4v) is 7.35. The fourth-order valence-electron chi connectivity index (χ4n) is 5.60. The molecule has 0 aromatic heterocycles. The van der Waals surface area contributed by atoms with Crippen molar-refractivity contribution in [1.29, 1.82) is 0 Å². The molecule has 4 aromatic carbocycles. The molecule has 0 radical (unpaired) electrons. The lowest BCUT2D eigenvalue weighted by Crippen LogP contribution is -2.52. The summed E-state index contributed by atoms with van der Waals surface area (Å²) in [6.07, 6.45) is 1.57. The van der Waals surface area contributed by atoms with Crippen molar-refractivity contribution in [3.8, 4) is 0 Å². The average Bonchev–Trinajstić information content (AvgIpc) is 3.23. The number of aryl methyl sites for hydroxylation is 1. The molecule has 43 heavy (non-hydrogen) atoms. The summed E-state index contributed by atoms with van der Waals surface area (Å²) in [5.41, 5.74) is 3.65. The monoisotopic (exact) mass is 597 g/mol. The number of nitrogens with one attached hydrogen (secondary N) is 1. The van der Waals surface area contributed by atoms with Crippen LogP contribution in [0.2, 0.25) is 0 Å². The predicted octanol–water partition coefficient (Wildman–Crippen LogP) is 5.99. The highest BCUT2D eigenvalue weighted by Gasteiger charge is 2.36. The number of benzene rings is 4. The Hall–Kier alpha value is -4.17. The van der Waals surface area contributed by atoms with E-state index in [0.717, 1.165) is 33.9 Å². The normalized spacial score (nSPS) is 14.8. The standard InChI is InChI=1S/C35H39N3O4S/c1-4-26(3)36-35(40)31(23-27-11-6-5-7-12-27)37(24-28-20-18-25(2)19-21-28)33(39)17-10-22-38-30-15-8-13-29-14-9-16-32(34(29)30)43(38,41)42/h5-9,11-16,18-21,26,31H,4,10,17,22-24H2,1-3H3,(H,36,40)/t26-,31-/m0/s1. The molecule has 1 heterocycles. The zero-order valence-electron chi connectivity index (χ0n) is 25.0. The minimum Gasteiger partial charge on any atom is -0.352 e. The molecule has 4 aromatic rings. The summed E-state index contributed by atoms with van der Waals surface area (Å²) in [5, 5.41) is 4.69. The molecular weight excluding hydrogens is 558 g/mol. The van der Waals surface area contributed by atoms with Gasteiger partial charge in [0.25, 0.3) is 10.0 Å². The van der Waals surface area contributed by atoms with E-state index in [0.29, 0.717) is 23.4 Å². The van der Waals surface area contributed by atoms with Gasteiger partial charge in [0.2, 0.25) is 11.8 Å². The Kier molecular flexibility index (Phi) is 9.16. The third kappa shape index (κ3) is 6.59. The van der Waals surface area contributed by atoms with E-state index >= 15 is 0 Å². The molecule has 0 unspecified atom stereocenters. The number of rotatable bonds is 12. The summed E-state index contributed by atoms with van der Waals surface area (Å²) in [7, 11) is -3.71. The number of carbonyl (C=O) groups is 2. The maximum atomic E-state index is 14.0. The van der Waals surface area contributed by atoms with E-state index < -0.39 is 16.1 Å². The van der Waals surface area contributed by atoms with E-state index in [1.807, 2.05) is 99.6 Å². The maximum Gasteiger partial charge on any atom is 0.265 e. The van der Waals surface area contributed by atoms with Crippen LogP contribution < -0.4 is 9.62 Å². The second-order valence-electron chi connectivity index (χ2n) is 11.3. The summed E-state index contributed by atoms with van der Waals surface area (Å²) in [4.78, 5) is 29.7. The SMILES string of the molecule is CC[C@H](C)NC(=O)[C@H](Cc1ccccc1)N(Cc1ccc(C)cc1)C(=O)CCCN1c2cccc3cccc(c23)S1(=O)=O. The minimum atomic E-state index is -3.71. The Bertz CT molecular complexity index is 1700. The van der Waals surface area contributed by atoms with E-state index in [4.69, 9.17) is 0 Å². The van der Waals surface area contributed by atoms with Crippen LogP contribution in [0.15, 0.2) is 95.9 Å². The summed E-state index contributed by atoms with van der Waals surface area (Å²) < 4.78 is 28.3. The van der Waals surface area contributed by atoms with Gasteiger partial charge in [-0.1, -0.05) is 91.3 Å². The Labute approximate surface area is 254 Å². The molecule has 2 atom stereocenters. The molecule has 0 fully saturated rings. The topological polar surface area (TPSA) is 86.8 Å². The van der Waals surface area contributed by atoms with Gasteiger partial charge in [0.1, 0.15) is 6.04 Å². The third-order valence-corrected chi connectivity index (χ3v) is 10.0. The van der Waals surface area contributed by atoms with E-state index in [1.54, 1.807) is 17.0 Å². The fraction of sp³-hybridized carbons (Fsp3) is 0.314. The Morgan fingerprint density at radius 3 is 2.28 bits per heavy atom. The summed E-state index contributed by atoms with van der Waals surface area (Å²) in [6.45, 7) is 6.42. The molecule has 224 valence electrons. The molecule has 0 aliphatic carbocycles. The summed E-state index contributed by atoms with van der Waals surface area (Å²) in [6, 6.07) is 27.8. The second-order valence-corrected chi connectivity index (χ2v) is 13.2. The molecule has 0 saturated heterocycles. The number of amides is 2. The Balaban J connectivity index is 1.40. The van der Waals surface area contributed by atoms with Crippen molar-refractivity contribution in [2.45, 2.75) is 70.0 Å². The highest BCUT2D eigenvalue weighted by Crippen LogP contribution is 2.42. The first-order valence-corrected chi connectivity index (χ1v) is 16.4. The van der Waals surface area contributed by atoms with Crippen LogP contribution in [0.25, 0.3) is 10.8 Å². The van der Waals surface area contributed by atoms with E-state index in [2.05, 4.69) is 5.32 Å². The molecular formula is C35H39N3O4S. The van der Waals surface area contributed by atoms with Crippen LogP contribution in [0.3, 0.4) is 0 Å². The molecule has 2 amide bonds. The van der Waals surface area contributed by atoms with Crippen LogP contribution in [0.5, 0.6) is 0 Å². The number of sulfonamides is 1. The first-order valence-electron chi connectivity index (χ1n) is 14.9. The van der Waals surface area contributed by atoms with Gasteiger partial charge < -0.3 is 10.2 Å². The molecule has 1 aliphatic rings. The number of hydrogen-bond donors (Lipinski definition) is 1. The minimum absolute atomic E-state index is 0.0354. The van der Waals surface area contributed by atoms with Gasteiger partial charge in [-0.2, -0.15) is 0 Å². The summed E-state index contributed by atoms with van der Waals surface area (Å²) >= 11 is 0. The zero-order valence-corrected chi connectivity index (χ0v) is 25.8. The van der Waals surface area contributed by atoms with Gasteiger partial charge in [-0.3, -0.25) is 13.9 Å². The highest BCUT2D eigenvalue weighted by molar-refractivity contribution is 7.93. The molecule has 0 saturated carbocycles. The van der Waals surface area contributed by atoms with Crippen molar-refractivity contribution in [1.82, 2.24) is 10.2 Å². The van der Waals surface area contributed by atoms with Crippen LogP contribution in [-0.2, 0) is 32.6 Å². The Morgan fingerprint density at radius 2 is 1.58 bits per heavy atom. The van der Waals surface area contributed by atoms with Gasteiger partial charge in [0.05, 0.1) is 10.6 Å². The van der Waals surface area contributed by atoms with Gasteiger partial charge in [0.15, 0.2) is 0 Å². The number of anilines is 1. The number of carbonyl (C=O) groups excluding carboxylic acids is 2. The lowest BCUT2D eigenvalue weighted by molar-refractivity contribution is -0.141. The zero-order chi connectivity index (χ0) is 30.6. The molecule has 7 nitrogen and oxygen atoms in total. The van der Waals surface area contributed by atoms with Crippen molar-refractivity contribution < 1.29 is 18.0 Å². The molecule has 1 N–H and O–H groups in total. The third-order valence-electron chi connectivity index (χ3n) is 8.18. The highest BCUT2D eigenvalue weighted by atomic mass is 32.2. The van der Waals surface area contributed by atoms with Crippen LogP contribution in [-0.4, -0.2) is 43.8 Å². The van der Waals surface area contributed by atoms with Gasteiger partial charge in [-0.15, -0.1) is 0 Å². The lowest BCUT2D eigenvalue weighted by atomic mass is 10.0. The first-order chi connectivity index (χ1) is 20.7. The van der Waals surface area contributed by atoms with Crippen molar-refractivity contribution >= 4 is 38.3 Å². The lowest BCUT2D eigenvalue weighted by Gasteiger charge is -2.32. The largest absolute Gasteiger partial charge is 0.352 e. The molecule has 5 rings (SSSR count). The van der Waals surface area contributed by atoms with Crippen LogP contribution in [0.4, 0.5) is 5.69 Å². The van der Waals surface area contributed by atoms with Crippen molar-refractivity contribution in [3.05, 3.63) is 108 Å². The van der Waals surface area contributed by atoms with Crippen LogP contribution in [0.1, 0.15) is 49.8 Å². The smallest absolute Gasteiger partial charge is 0.265 e. The predicted molar refractivity (Wildman–Crippen MR) is 171 cm³/mol. The quantitative estimate of drug-likeness (QED) is 0.217. The number of hydrogen-bond acceptors (Lipinski definition) is 4. The van der Waals surface area contributed by atoms with Crippen molar-refractivity contribution in [2.75, 3.05) is 10.8 Å². The summed E-state index contributed by atoms with van der Waals surface area (Å²) in [5.74, 6) is -0.379. The van der Waals surface area contributed by atoms with E-state index in [9.17, 15) is 18.0 Å². The second kappa shape index (κ2) is 13.0.